The molecular formula is C14H18ClNO6S. The molecule has 5 unspecified atom stereocenters. The number of β-lactam (4-membered cyclic amide) rings is 1. The van der Waals surface area contributed by atoms with Gasteiger partial charge in [-0.25, -0.2) is 9.59 Å². The first-order valence-electron chi connectivity index (χ1n) is 7.14. The number of amides is 1. The van der Waals surface area contributed by atoms with E-state index in [1.54, 1.807) is 6.92 Å². The van der Waals surface area contributed by atoms with Crippen LogP contribution >= 0.6 is 11.6 Å². The number of hydrogen-bond acceptors (Lipinski definition) is 5. The third kappa shape index (κ3) is 2.95. The molecule has 0 aliphatic carbocycles. The van der Waals surface area contributed by atoms with E-state index in [1.165, 1.54) is 24.2 Å². The van der Waals surface area contributed by atoms with Gasteiger partial charge >= 0.3 is 11.9 Å². The van der Waals surface area contributed by atoms with Gasteiger partial charge in [-0.1, -0.05) is 17.7 Å². The molecule has 2 saturated heterocycles. The first-order chi connectivity index (χ1) is 10.8. The first-order valence-corrected chi connectivity index (χ1v) is 8.84. The minimum absolute atomic E-state index is 0.161. The zero-order valence-electron chi connectivity index (χ0n) is 12.7. The summed E-state index contributed by atoms with van der Waals surface area (Å²) in [6, 6.07) is -1.66. The van der Waals surface area contributed by atoms with Crippen molar-refractivity contribution in [1.29, 1.82) is 0 Å². The van der Waals surface area contributed by atoms with Crippen LogP contribution in [-0.4, -0.2) is 61.6 Å². The quantitative estimate of drug-likeness (QED) is 0.242. The Bertz CT molecular complexity index is 555. The van der Waals surface area contributed by atoms with Crippen LogP contribution in [-0.2, 0) is 30.3 Å². The molecule has 2 rings (SSSR count). The zero-order valence-corrected chi connectivity index (χ0v) is 14.3. The van der Waals surface area contributed by atoms with Gasteiger partial charge < -0.3 is 19.3 Å². The summed E-state index contributed by atoms with van der Waals surface area (Å²) in [6.07, 6.45) is 3.19. The van der Waals surface area contributed by atoms with Gasteiger partial charge in [0.25, 0.3) is 0 Å². The molecule has 23 heavy (non-hydrogen) atoms. The molecule has 2 fully saturated rings. The third-order valence-corrected chi connectivity index (χ3v) is 6.84. The summed E-state index contributed by atoms with van der Waals surface area (Å²) in [7, 11) is 1.25. The van der Waals surface area contributed by atoms with Crippen molar-refractivity contribution in [2.75, 3.05) is 12.9 Å². The van der Waals surface area contributed by atoms with Gasteiger partial charge in [-0.15, -0.1) is 0 Å². The average Bonchev–Trinajstić information content (AvgIpc) is 2.81. The average molecular weight is 364 g/mol. The van der Waals surface area contributed by atoms with E-state index in [1.807, 2.05) is 0 Å². The lowest BCUT2D eigenvalue weighted by Crippen LogP contribution is -2.63. The van der Waals surface area contributed by atoms with Crippen LogP contribution in [0.15, 0.2) is 12.2 Å². The molecule has 0 saturated carbocycles. The van der Waals surface area contributed by atoms with E-state index in [0.717, 1.165) is 0 Å². The van der Waals surface area contributed by atoms with Crippen molar-refractivity contribution >= 4 is 40.6 Å². The fourth-order valence-electron chi connectivity index (χ4n) is 3.19. The number of alkyl halides is 1. The Hall–Kier alpha value is -1.25. The lowest BCUT2D eigenvalue weighted by Gasteiger charge is -2.43. The van der Waals surface area contributed by atoms with E-state index in [2.05, 4.69) is 4.74 Å². The highest BCUT2D eigenvalue weighted by Gasteiger charge is 2.70. The fraction of sp³-hybridized carbons (Fsp3) is 0.643. The van der Waals surface area contributed by atoms with Crippen molar-refractivity contribution in [1.82, 2.24) is 4.90 Å². The molecule has 2 aliphatic heterocycles. The van der Waals surface area contributed by atoms with Gasteiger partial charge in [0.1, 0.15) is 5.75 Å². The number of aliphatic carboxylic acids is 1. The maximum absolute atomic E-state index is 12.3. The summed E-state index contributed by atoms with van der Waals surface area (Å²) >= 11 is 4.82. The van der Waals surface area contributed by atoms with E-state index in [9.17, 15) is 24.0 Å². The predicted octanol–water partition coefficient (Wildman–Crippen LogP) is 0.493. The molecule has 2 heterocycles. The van der Waals surface area contributed by atoms with Crippen molar-refractivity contribution in [2.24, 2.45) is 5.92 Å². The lowest BCUT2D eigenvalue weighted by molar-refractivity contribution is -0.163. The number of carbonyl (C=O) groups excluding carboxylic acids is 2. The molecule has 7 nitrogen and oxygen atoms in total. The van der Waals surface area contributed by atoms with Gasteiger partial charge in [0.2, 0.25) is 10.1 Å². The Labute approximate surface area is 141 Å². The SMILES string of the molecule is CC[S+]([O-])C1(Cl)CC2C(C/C=C/C(=O)OC)C(=O)N2C1C(=O)O. The highest BCUT2D eigenvalue weighted by molar-refractivity contribution is 7.94. The molecule has 2 aliphatic rings. The number of ether oxygens (including phenoxy) is 1. The summed E-state index contributed by atoms with van der Waals surface area (Å²) in [5.41, 5.74) is 0. The Morgan fingerprint density at radius 1 is 1.61 bits per heavy atom. The summed E-state index contributed by atoms with van der Waals surface area (Å²) in [6.45, 7) is 1.66. The second-order valence-corrected chi connectivity index (χ2v) is 8.34. The molecule has 9 heteroatoms. The molecule has 1 N–H and O–H groups in total. The number of esters is 1. The molecule has 0 aromatic heterocycles. The molecular weight excluding hydrogens is 346 g/mol. The Morgan fingerprint density at radius 2 is 2.26 bits per heavy atom. The van der Waals surface area contributed by atoms with Crippen LogP contribution in [0.4, 0.5) is 0 Å². The molecule has 1 amide bonds. The summed E-state index contributed by atoms with van der Waals surface area (Å²) in [5.74, 6) is -2.35. The highest BCUT2D eigenvalue weighted by Crippen LogP contribution is 2.51. The molecule has 5 atom stereocenters. The number of halogens is 1. The monoisotopic (exact) mass is 363 g/mol. The maximum atomic E-state index is 12.3. The minimum atomic E-state index is -1.57. The smallest absolute Gasteiger partial charge is 0.333 e. The van der Waals surface area contributed by atoms with Gasteiger partial charge in [-0.2, -0.15) is 0 Å². The Morgan fingerprint density at radius 3 is 2.78 bits per heavy atom. The fourth-order valence-corrected chi connectivity index (χ4v) is 5.18. The van der Waals surface area contributed by atoms with Crippen LogP contribution in [0.2, 0.25) is 0 Å². The van der Waals surface area contributed by atoms with Crippen LogP contribution in [0.3, 0.4) is 0 Å². The Kier molecular flexibility index (Phi) is 5.27. The standard InChI is InChI=1S/C14H18ClNO6S/c1-3-23(21)14(15)7-9-8(5-4-6-10(17)22-2)12(18)16(9)11(14)13(19)20/h4,6,8-9,11H,3,5,7H2,1-2H3,(H,19,20)/b6-4+. The van der Waals surface area contributed by atoms with Crippen LogP contribution in [0.25, 0.3) is 0 Å². The summed E-state index contributed by atoms with van der Waals surface area (Å²) < 4.78 is 15.2. The minimum Gasteiger partial charge on any atom is -0.615 e. The second-order valence-electron chi connectivity index (χ2n) is 5.45. The Balaban J connectivity index is 2.16. The van der Waals surface area contributed by atoms with Gasteiger partial charge in [-0.05, 0) is 24.5 Å². The van der Waals surface area contributed by atoms with Crippen molar-refractivity contribution in [3.05, 3.63) is 12.2 Å². The number of carboxylic acid groups (broad SMARTS) is 1. The van der Waals surface area contributed by atoms with Gasteiger partial charge in [-0.3, -0.25) is 4.79 Å². The molecule has 0 radical (unpaired) electrons. The molecule has 0 aromatic rings. The van der Waals surface area contributed by atoms with E-state index in [-0.39, 0.29) is 30.5 Å². The van der Waals surface area contributed by atoms with Crippen LogP contribution in [0.1, 0.15) is 19.8 Å². The topological polar surface area (TPSA) is 107 Å². The number of carbonyl (C=O) groups is 3. The van der Waals surface area contributed by atoms with E-state index in [0.29, 0.717) is 0 Å². The van der Waals surface area contributed by atoms with E-state index >= 15 is 0 Å². The number of carboxylic acids is 1. The van der Waals surface area contributed by atoms with Gasteiger partial charge in [0, 0.05) is 12.5 Å². The van der Waals surface area contributed by atoms with Crippen LogP contribution in [0, 0.1) is 5.92 Å². The zero-order chi connectivity index (χ0) is 17.4. The number of allylic oxidation sites excluding steroid dienone is 1. The molecule has 0 bridgehead atoms. The number of hydrogen-bond donors (Lipinski definition) is 1. The normalized spacial score (nSPS) is 34.2. The highest BCUT2D eigenvalue weighted by atomic mass is 35.5. The van der Waals surface area contributed by atoms with Crippen molar-refractivity contribution in [2.45, 2.75) is 36.1 Å². The lowest BCUT2D eigenvalue weighted by atomic mass is 9.85. The van der Waals surface area contributed by atoms with Crippen LogP contribution < -0.4 is 0 Å². The van der Waals surface area contributed by atoms with Gasteiger partial charge in [0.05, 0.1) is 19.1 Å². The molecule has 0 spiro atoms. The maximum Gasteiger partial charge on any atom is 0.333 e. The predicted molar refractivity (Wildman–Crippen MR) is 83.2 cm³/mol. The summed E-state index contributed by atoms with van der Waals surface area (Å²) in [5, 5.41) is 9.41. The van der Waals surface area contributed by atoms with Crippen LogP contribution in [0.5, 0.6) is 0 Å². The molecule has 128 valence electrons. The number of methoxy groups -OCH3 is 1. The van der Waals surface area contributed by atoms with Crippen molar-refractivity contribution in [3.63, 3.8) is 0 Å². The van der Waals surface area contributed by atoms with Crippen molar-refractivity contribution < 1.29 is 28.8 Å². The summed E-state index contributed by atoms with van der Waals surface area (Å²) in [4.78, 5) is 36.1. The largest absolute Gasteiger partial charge is 0.615 e. The van der Waals surface area contributed by atoms with Gasteiger partial charge in [0.15, 0.2) is 6.04 Å². The van der Waals surface area contributed by atoms with Crippen molar-refractivity contribution in [3.8, 4) is 0 Å². The molecule has 0 aromatic carbocycles. The third-order valence-electron chi connectivity index (χ3n) is 4.29. The number of fused-ring (bicyclic) bond motifs is 1. The number of rotatable bonds is 6. The second kappa shape index (κ2) is 6.70. The van der Waals surface area contributed by atoms with E-state index in [4.69, 9.17) is 11.6 Å². The number of nitrogens with zero attached hydrogens (tertiary/aromatic N) is 1. The first kappa shape index (κ1) is 18.1. The van der Waals surface area contributed by atoms with E-state index < -0.39 is 39.3 Å².